The first-order valence-electron chi connectivity index (χ1n) is 22.2. The zero-order chi connectivity index (χ0) is 45.9. The summed E-state index contributed by atoms with van der Waals surface area (Å²) in [6.07, 6.45) is 14.4. The molecule has 3 aromatic carbocycles. The van der Waals surface area contributed by atoms with E-state index in [0.717, 1.165) is 73.6 Å². The van der Waals surface area contributed by atoms with Crippen molar-refractivity contribution in [2.24, 2.45) is 5.73 Å². The number of nitrogens with one attached hydrogen (secondary N) is 4. The Bertz CT molecular complexity index is 2290. The van der Waals surface area contributed by atoms with Gasteiger partial charge in [-0.15, -0.1) is 0 Å². The van der Waals surface area contributed by atoms with E-state index in [1.165, 1.54) is 19.3 Å². The highest BCUT2D eigenvalue weighted by Crippen LogP contribution is 2.61. The molecule has 2 saturated heterocycles. The molecule has 0 radical (unpaired) electrons. The largest absolute Gasteiger partial charge is 0.372 e. The standard InChI is InChI=1S/C26H33N3O4.C22H21Cl2FN2O.CH3NO/c1-29(23-15-16-25(32)28-26(23)33)17-22-19(10-8-11-20(22)18-30)9-4-2-7-14-24(31)27-21-12-5-3-6-13-21;23-13-7-8-15-18(11-13)27-20(28)22(15)16(14-5-4-6-17(24)19(14)25)12-26-21(22)9-2-1-3-10-21;2-1-3/h8,10-11,18,21,23H,2-3,5-7,12-17H2,1H3,(H,27,31)(H,28,32,33);4-8,11,16,26H,1-3,9-10,12H2,(H,27,28);1H,(H2,2,3)/t;16?,22-;/m.1./s1. The van der Waals surface area contributed by atoms with Gasteiger partial charge in [0.1, 0.15) is 17.5 Å². The maximum Gasteiger partial charge on any atom is 0.243 e. The minimum absolute atomic E-state index is 0.0685. The predicted molar refractivity (Wildman–Crippen MR) is 245 cm³/mol. The molecule has 2 aliphatic carbocycles. The average Bonchev–Trinajstić information content (AvgIpc) is 3.75. The first-order chi connectivity index (χ1) is 30.9. The highest BCUT2D eigenvalue weighted by atomic mass is 35.5. The van der Waals surface area contributed by atoms with Crippen LogP contribution in [-0.4, -0.2) is 72.4 Å². The summed E-state index contributed by atoms with van der Waals surface area (Å²) in [5.41, 5.74) is 7.09. The van der Waals surface area contributed by atoms with E-state index in [4.69, 9.17) is 28.0 Å². The van der Waals surface area contributed by atoms with Crippen molar-refractivity contribution in [3.8, 4) is 11.8 Å². The lowest BCUT2D eigenvalue weighted by Crippen LogP contribution is -2.60. The van der Waals surface area contributed by atoms with E-state index in [2.05, 4.69) is 38.8 Å². The normalized spacial score (nSPS) is 22.2. The van der Waals surface area contributed by atoms with E-state index in [0.29, 0.717) is 67.4 Å². The number of anilines is 1. The summed E-state index contributed by atoms with van der Waals surface area (Å²) in [4.78, 5) is 71.5. The number of benzene rings is 3. The molecule has 2 spiro atoms. The number of aldehydes is 1. The Kier molecular flexibility index (Phi) is 16.7. The lowest BCUT2D eigenvalue weighted by molar-refractivity contribution is -0.137. The van der Waals surface area contributed by atoms with Gasteiger partial charge in [-0.1, -0.05) is 104 Å². The summed E-state index contributed by atoms with van der Waals surface area (Å²) in [5.74, 6) is 4.97. The number of halogens is 3. The fourth-order valence-corrected chi connectivity index (χ4v) is 10.8. The Morgan fingerprint density at radius 3 is 2.41 bits per heavy atom. The first kappa shape index (κ1) is 48.3. The van der Waals surface area contributed by atoms with E-state index in [1.807, 2.05) is 30.1 Å². The molecule has 4 fully saturated rings. The molecular formula is C49H57Cl2FN6O6. The van der Waals surface area contributed by atoms with Crippen molar-refractivity contribution in [1.82, 2.24) is 20.9 Å². The van der Waals surface area contributed by atoms with Gasteiger partial charge in [-0.05, 0) is 86.5 Å². The van der Waals surface area contributed by atoms with Gasteiger partial charge in [0.15, 0.2) is 0 Å². The van der Waals surface area contributed by atoms with Gasteiger partial charge in [-0.3, -0.25) is 39.0 Å². The quantitative estimate of drug-likeness (QED) is 0.0646. The SMILES string of the molecule is CN(Cc1c(C#CCCCC(=O)NC2CCCCC2)cccc1C=O)C1CCC(=O)NC1=O.NC=O.O=C1Nc2cc(Cl)ccc2[C@@]12C(c1cccc(Cl)c1F)CNC21CCCCC1. The van der Waals surface area contributed by atoms with Crippen LogP contribution < -0.4 is 27.0 Å². The monoisotopic (exact) mass is 914 g/mol. The number of primary amides is 1. The molecule has 3 aromatic rings. The number of unbranched alkanes of at least 4 members (excludes halogenated alkanes) is 1. The number of nitrogens with zero attached hydrogens (tertiary/aromatic N) is 1. The Hall–Kier alpha value is -5.13. The summed E-state index contributed by atoms with van der Waals surface area (Å²) in [6, 6.07) is 15.9. The molecule has 2 saturated carbocycles. The fourth-order valence-electron chi connectivity index (χ4n) is 10.4. The topological polar surface area (TPSA) is 180 Å². The van der Waals surface area contributed by atoms with Crippen LogP contribution in [0.25, 0.3) is 0 Å². The number of piperidine rings is 1. The van der Waals surface area contributed by atoms with Crippen LogP contribution in [0.15, 0.2) is 54.6 Å². The molecular weight excluding hydrogens is 858 g/mol. The summed E-state index contributed by atoms with van der Waals surface area (Å²) in [5, 5.41) is 12.9. The summed E-state index contributed by atoms with van der Waals surface area (Å²) < 4.78 is 15.1. The van der Waals surface area contributed by atoms with Crippen LogP contribution in [0.5, 0.6) is 0 Å². The number of imide groups is 1. The van der Waals surface area contributed by atoms with Crippen LogP contribution in [0.2, 0.25) is 10.0 Å². The highest BCUT2D eigenvalue weighted by molar-refractivity contribution is 6.31. The van der Waals surface area contributed by atoms with Crippen molar-refractivity contribution in [2.75, 3.05) is 18.9 Å². The molecule has 0 bridgehead atoms. The number of rotatable bonds is 9. The smallest absolute Gasteiger partial charge is 0.243 e. The van der Waals surface area contributed by atoms with E-state index in [9.17, 15) is 24.0 Å². The summed E-state index contributed by atoms with van der Waals surface area (Å²) in [6.45, 7) is 0.905. The van der Waals surface area contributed by atoms with Gasteiger partial charge in [-0.25, -0.2) is 4.39 Å². The molecule has 340 valence electrons. The van der Waals surface area contributed by atoms with Crippen LogP contribution in [0.3, 0.4) is 0 Å². The predicted octanol–water partition coefficient (Wildman–Crippen LogP) is 7.22. The Morgan fingerprint density at radius 2 is 1.69 bits per heavy atom. The van der Waals surface area contributed by atoms with Gasteiger partial charge in [0.2, 0.25) is 30.0 Å². The molecule has 0 aromatic heterocycles. The Labute approximate surface area is 384 Å². The van der Waals surface area contributed by atoms with Gasteiger partial charge in [0, 0.05) is 71.7 Å². The van der Waals surface area contributed by atoms with Gasteiger partial charge < -0.3 is 21.7 Å². The third-order valence-corrected chi connectivity index (χ3v) is 13.9. The fraction of sp³-hybridized carbons (Fsp3) is 0.469. The molecule has 12 nitrogen and oxygen atoms in total. The number of hydrogen-bond donors (Lipinski definition) is 5. The molecule has 5 amide bonds. The van der Waals surface area contributed by atoms with E-state index < -0.39 is 22.8 Å². The Morgan fingerprint density at radius 1 is 0.969 bits per heavy atom. The molecule has 3 heterocycles. The lowest BCUT2D eigenvalue weighted by atomic mass is 9.56. The number of likely N-dealkylation sites (N-methyl/N-ethyl adjacent to an activating group) is 1. The van der Waals surface area contributed by atoms with E-state index >= 15 is 4.39 Å². The van der Waals surface area contributed by atoms with Crippen molar-refractivity contribution in [1.29, 1.82) is 0 Å². The molecule has 3 atom stereocenters. The maximum absolute atomic E-state index is 15.1. The second-order valence-corrected chi connectivity index (χ2v) is 18.1. The zero-order valence-corrected chi connectivity index (χ0v) is 37.7. The number of nitrogens with two attached hydrogens (primary N) is 1. The molecule has 15 heteroatoms. The number of fused-ring (bicyclic) bond motifs is 3. The molecule has 5 aliphatic rings. The number of carbonyl (C=O) groups excluding carboxylic acids is 6. The minimum Gasteiger partial charge on any atom is -0.372 e. The second-order valence-electron chi connectivity index (χ2n) is 17.2. The third-order valence-electron chi connectivity index (χ3n) is 13.4. The van der Waals surface area contributed by atoms with Crippen LogP contribution in [-0.2, 0) is 35.9 Å². The number of hydrogen-bond acceptors (Lipinski definition) is 8. The third kappa shape index (κ3) is 10.5. The van der Waals surface area contributed by atoms with Crippen LogP contribution in [0, 0.1) is 17.7 Å². The van der Waals surface area contributed by atoms with Gasteiger partial charge in [0.05, 0.1) is 11.1 Å². The zero-order valence-electron chi connectivity index (χ0n) is 36.2. The van der Waals surface area contributed by atoms with Gasteiger partial charge >= 0.3 is 0 Å². The van der Waals surface area contributed by atoms with Crippen molar-refractivity contribution in [3.63, 3.8) is 0 Å². The van der Waals surface area contributed by atoms with Gasteiger partial charge in [-0.2, -0.15) is 0 Å². The van der Waals surface area contributed by atoms with E-state index in [1.54, 1.807) is 36.4 Å². The number of carbonyl (C=O) groups is 6. The molecule has 8 rings (SSSR count). The molecule has 3 aliphatic heterocycles. The van der Waals surface area contributed by atoms with Crippen molar-refractivity contribution in [3.05, 3.63) is 98.3 Å². The molecule has 6 N–H and O–H groups in total. The van der Waals surface area contributed by atoms with Crippen molar-refractivity contribution in [2.45, 2.75) is 132 Å². The van der Waals surface area contributed by atoms with Crippen LogP contribution in [0.4, 0.5) is 10.1 Å². The van der Waals surface area contributed by atoms with E-state index in [-0.39, 0.29) is 41.0 Å². The molecule has 2 unspecified atom stereocenters. The highest BCUT2D eigenvalue weighted by Gasteiger charge is 2.68. The molecule has 64 heavy (non-hydrogen) atoms. The maximum atomic E-state index is 15.1. The van der Waals surface area contributed by atoms with Crippen LogP contribution in [0.1, 0.15) is 135 Å². The minimum atomic E-state index is -0.876. The average molecular weight is 916 g/mol. The first-order valence-corrected chi connectivity index (χ1v) is 23.0. The lowest BCUT2D eigenvalue weighted by Gasteiger charge is -2.47. The second kappa shape index (κ2) is 22.2. The Balaban J connectivity index is 0.000000202. The summed E-state index contributed by atoms with van der Waals surface area (Å²) in [7, 11) is 1.81. The number of amides is 5. The van der Waals surface area contributed by atoms with Crippen molar-refractivity contribution >= 4 is 65.2 Å². The van der Waals surface area contributed by atoms with Crippen molar-refractivity contribution < 1.29 is 33.2 Å². The van der Waals surface area contributed by atoms with Gasteiger partial charge in [0.25, 0.3) is 0 Å². The van der Waals surface area contributed by atoms with Crippen LogP contribution >= 0.6 is 23.2 Å². The summed E-state index contributed by atoms with van der Waals surface area (Å²) >= 11 is 12.3.